The Morgan fingerprint density at radius 3 is 2.42 bits per heavy atom. The molecule has 0 bridgehead atoms. The van der Waals surface area contributed by atoms with E-state index in [9.17, 15) is 4.79 Å². The molecule has 6 nitrogen and oxygen atoms in total. The fourth-order valence-electron chi connectivity index (χ4n) is 1.86. The third-order valence-corrected chi connectivity index (χ3v) is 3.10. The highest BCUT2D eigenvalue weighted by Gasteiger charge is 2.01. The van der Waals surface area contributed by atoms with Gasteiger partial charge in [0, 0.05) is 17.7 Å². The highest BCUT2D eigenvalue weighted by Crippen LogP contribution is 2.14. The molecular weight excluding hydrogens is 306 g/mol. The van der Waals surface area contributed by atoms with Crippen molar-refractivity contribution >= 4 is 5.91 Å². The number of amides is 1. The molecule has 6 heteroatoms. The Labute approximate surface area is 140 Å². The Balaban J connectivity index is 0.000000174. The van der Waals surface area contributed by atoms with Gasteiger partial charge in [0.05, 0.1) is 6.61 Å². The zero-order valence-corrected chi connectivity index (χ0v) is 13.3. The third-order valence-electron chi connectivity index (χ3n) is 3.10. The SMILES string of the molecule is Cc1ccc(-c2ncon2)cc1.O=C(NCCO)c1ccccc1. The average Bonchev–Trinajstić information content (AvgIpc) is 3.16. The first-order valence-corrected chi connectivity index (χ1v) is 7.48. The molecule has 0 spiro atoms. The number of hydrogen-bond donors (Lipinski definition) is 2. The summed E-state index contributed by atoms with van der Waals surface area (Å²) in [6.45, 7) is 2.31. The summed E-state index contributed by atoms with van der Waals surface area (Å²) in [6, 6.07) is 16.9. The number of nitrogens with zero attached hydrogens (tertiary/aromatic N) is 2. The summed E-state index contributed by atoms with van der Waals surface area (Å²) in [7, 11) is 0. The lowest BCUT2D eigenvalue weighted by Gasteiger charge is -2.01. The molecule has 2 aromatic carbocycles. The fraction of sp³-hybridized carbons (Fsp3) is 0.167. The highest BCUT2D eigenvalue weighted by molar-refractivity contribution is 5.94. The average molecular weight is 325 g/mol. The van der Waals surface area contributed by atoms with Crippen LogP contribution >= 0.6 is 0 Å². The van der Waals surface area contributed by atoms with E-state index in [4.69, 9.17) is 5.11 Å². The zero-order valence-electron chi connectivity index (χ0n) is 13.3. The van der Waals surface area contributed by atoms with Crippen LogP contribution < -0.4 is 5.32 Å². The van der Waals surface area contributed by atoms with Gasteiger partial charge in [-0.05, 0) is 19.1 Å². The third kappa shape index (κ3) is 5.33. The number of aliphatic hydroxyl groups is 1. The summed E-state index contributed by atoms with van der Waals surface area (Å²) in [6.07, 6.45) is 1.33. The Morgan fingerprint density at radius 1 is 1.12 bits per heavy atom. The Bertz CT molecular complexity index is 726. The first kappa shape index (κ1) is 17.4. The summed E-state index contributed by atoms with van der Waals surface area (Å²) in [5.74, 6) is 0.486. The van der Waals surface area contributed by atoms with Crippen molar-refractivity contribution in [1.29, 1.82) is 0 Å². The van der Waals surface area contributed by atoms with Crippen molar-refractivity contribution in [3.63, 3.8) is 0 Å². The van der Waals surface area contributed by atoms with Gasteiger partial charge in [-0.25, -0.2) is 0 Å². The molecule has 124 valence electrons. The van der Waals surface area contributed by atoms with Gasteiger partial charge in [-0.3, -0.25) is 4.79 Å². The number of aryl methyl sites for hydroxylation is 1. The number of aromatic nitrogens is 2. The maximum Gasteiger partial charge on any atom is 0.251 e. The number of carbonyl (C=O) groups excluding carboxylic acids is 1. The van der Waals surface area contributed by atoms with Crippen LogP contribution in [0.2, 0.25) is 0 Å². The summed E-state index contributed by atoms with van der Waals surface area (Å²) >= 11 is 0. The molecule has 0 saturated heterocycles. The van der Waals surface area contributed by atoms with Gasteiger partial charge in [-0.2, -0.15) is 4.98 Å². The summed E-state index contributed by atoms with van der Waals surface area (Å²) in [5, 5.41) is 14.7. The molecule has 3 aromatic rings. The first-order valence-electron chi connectivity index (χ1n) is 7.48. The van der Waals surface area contributed by atoms with Gasteiger partial charge in [-0.1, -0.05) is 53.2 Å². The molecule has 1 aromatic heterocycles. The van der Waals surface area contributed by atoms with E-state index in [0.29, 0.717) is 17.9 Å². The van der Waals surface area contributed by atoms with E-state index < -0.39 is 0 Å². The number of aliphatic hydroxyl groups excluding tert-OH is 1. The largest absolute Gasteiger partial charge is 0.395 e. The maximum absolute atomic E-state index is 11.2. The molecule has 0 radical (unpaired) electrons. The molecule has 0 aliphatic heterocycles. The van der Waals surface area contributed by atoms with Crippen LogP contribution in [-0.4, -0.2) is 34.3 Å². The lowest BCUT2D eigenvalue weighted by Crippen LogP contribution is -2.26. The van der Waals surface area contributed by atoms with Crippen molar-refractivity contribution in [3.05, 3.63) is 72.1 Å². The van der Waals surface area contributed by atoms with Gasteiger partial charge >= 0.3 is 0 Å². The quantitative estimate of drug-likeness (QED) is 0.769. The molecule has 2 N–H and O–H groups in total. The first-order chi connectivity index (χ1) is 11.7. The fourth-order valence-corrected chi connectivity index (χ4v) is 1.86. The van der Waals surface area contributed by atoms with E-state index in [1.807, 2.05) is 37.3 Å². The van der Waals surface area contributed by atoms with Crippen molar-refractivity contribution in [1.82, 2.24) is 15.5 Å². The standard InChI is InChI=1S/C9H8N2O.C9H11NO2/c1-7-2-4-8(5-3-7)9-10-6-12-11-9;11-7-6-10-9(12)8-4-2-1-3-5-8/h2-6H,1H3;1-5,11H,6-7H2,(H,10,12). The highest BCUT2D eigenvalue weighted by atomic mass is 16.5. The summed E-state index contributed by atoms with van der Waals surface area (Å²) < 4.78 is 4.64. The Morgan fingerprint density at radius 2 is 1.83 bits per heavy atom. The molecule has 0 aliphatic carbocycles. The minimum atomic E-state index is -0.148. The molecule has 0 aliphatic rings. The molecule has 3 rings (SSSR count). The molecule has 1 amide bonds. The maximum atomic E-state index is 11.2. The van der Waals surface area contributed by atoms with Crippen LogP contribution in [0.25, 0.3) is 11.4 Å². The topological polar surface area (TPSA) is 88.2 Å². The van der Waals surface area contributed by atoms with E-state index in [2.05, 4.69) is 20.0 Å². The predicted molar refractivity (Wildman–Crippen MR) is 90.3 cm³/mol. The smallest absolute Gasteiger partial charge is 0.251 e. The Kier molecular flexibility index (Phi) is 6.67. The molecular formula is C18H19N3O3. The number of rotatable bonds is 4. The lowest BCUT2D eigenvalue weighted by molar-refractivity contribution is 0.0945. The van der Waals surface area contributed by atoms with Gasteiger partial charge in [0.2, 0.25) is 12.2 Å². The molecule has 0 saturated carbocycles. The second-order valence-corrected chi connectivity index (χ2v) is 4.97. The molecule has 24 heavy (non-hydrogen) atoms. The minimum Gasteiger partial charge on any atom is -0.395 e. The van der Waals surface area contributed by atoms with Crippen molar-refractivity contribution < 1.29 is 14.4 Å². The second kappa shape index (κ2) is 9.22. The van der Waals surface area contributed by atoms with E-state index in [1.54, 1.807) is 24.3 Å². The van der Waals surface area contributed by atoms with Gasteiger partial charge in [0.25, 0.3) is 5.91 Å². The van der Waals surface area contributed by atoms with Crippen LogP contribution in [-0.2, 0) is 0 Å². The van der Waals surface area contributed by atoms with Gasteiger partial charge in [0.1, 0.15) is 0 Å². The van der Waals surface area contributed by atoms with E-state index >= 15 is 0 Å². The van der Waals surface area contributed by atoms with Crippen LogP contribution in [0.4, 0.5) is 0 Å². The van der Waals surface area contributed by atoms with Crippen LogP contribution in [0.5, 0.6) is 0 Å². The van der Waals surface area contributed by atoms with Gasteiger partial charge in [0.15, 0.2) is 0 Å². The summed E-state index contributed by atoms with van der Waals surface area (Å²) in [4.78, 5) is 15.1. The monoisotopic (exact) mass is 325 g/mol. The van der Waals surface area contributed by atoms with Crippen molar-refractivity contribution in [3.8, 4) is 11.4 Å². The number of carbonyl (C=O) groups is 1. The lowest BCUT2D eigenvalue weighted by atomic mass is 10.1. The normalized spacial score (nSPS) is 9.75. The van der Waals surface area contributed by atoms with E-state index in [0.717, 1.165) is 5.56 Å². The van der Waals surface area contributed by atoms with Gasteiger partial charge in [-0.15, -0.1) is 0 Å². The number of nitrogens with one attached hydrogen (secondary N) is 1. The Hall–Kier alpha value is -2.99. The van der Waals surface area contributed by atoms with Crippen LogP contribution in [0.3, 0.4) is 0 Å². The van der Waals surface area contributed by atoms with Crippen molar-refractivity contribution in [2.24, 2.45) is 0 Å². The van der Waals surface area contributed by atoms with Crippen LogP contribution in [0.15, 0.2) is 65.5 Å². The predicted octanol–water partition coefficient (Wildman–Crippen LogP) is 2.45. The zero-order chi connectivity index (χ0) is 17.2. The van der Waals surface area contributed by atoms with Gasteiger partial charge < -0.3 is 14.9 Å². The molecule has 1 heterocycles. The minimum absolute atomic E-state index is 0.0292. The molecule has 0 atom stereocenters. The second-order valence-electron chi connectivity index (χ2n) is 4.97. The van der Waals surface area contributed by atoms with Crippen molar-refractivity contribution in [2.45, 2.75) is 6.92 Å². The van der Waals surface area contributed by atoms with Crippen molar-refractivity contribution in [2.75, 3.05) is 13.2 Å². The van der Waals surface area contributed by atoms with E-state index in [1.165, 1.54) is 12.0 Å². The molecule has 0 unspecified atom stereocenters. The van der Waals surface area contributed by atoms with E-state index in [-0.39, 0.29) is 12.5 Å². The number of hydrogen-bond acceptors (Lipinski definition) is 5. The molecule has 0 fully saturated rings. The number of benzene rings is 2. The van der Waals surface area contributed by atoms with Crippen LogP contribution in [0.1, 0.15) is 15.9 Å². The van der Waals surface area contributed by atoms with Crippen LogP contribution in [0, 0.1) is 6.92 Å². The summed E-state index contributed by atoms with van der Waals surface area (Å²) in [5.41, 5.74) is 2.82.